The molecule has 0 fully saturated rings. The van der Waals surface area contributed by atoms with Gasteiger partial charge in [0.1, 0.15) is 22.6 Å². The molecule has 9 nitrogen and oxygen atoms in total. The molecule has 4 aromatic rings. The fraction of sp³-hybridized carbons (Fsp3) is 0.385. The zero-order valence-electron chi connectivity index (χ0n) is 37.7. The maximum atomic E-state index is 13.3. The first-order valence-electron chi connectivity index (χ1n) is 22.2. The summed E-state index contributed by atoms with van der Waals surface area (Å²) in [7, 11) is 1.68. The summed E-state index contributed by atoms with van der Waals surface area (Å²) in [4.78, 5) is 19.7. The van der Waals surface area contributed by atoms with E-state index in [-0.39, 0.29) is 12.3 Å². The van der Waals surface area contributed by atoms with Gasteiger partial charge in [-0.05, 0) is 99.1 Å². The third-order valence-corrected chi connectivity index (χ3v) is 12.7. The van der Waals surface area contributed by atoms with Crippen LogP contribution in [0.1, 0.15) is 109 Å². The van der Waals surface area contributed by atoms with E-state index in [1.807, 2.05) is 61.6 Å². The lowest BCUT2D eigenvalue weighted by Gasteiger charge is -2.13. The molecule has 334 valence electrons. The zero-order valence-corrected chi connectivity index (χ0v) is 39.3. The Morgan fingerprint density at radius 3 is 2.40 bits per heavy atom. The summed E-state index contributed by atoms with van der Waals surface area (Å²) in [6, 6.07) is 11.4. The maximum Gasteiger partial charge on any atom is 0.222 e. The van der Waals surface area contributed by atoms with Crippen molar-refractivity contribution in [1.29, 1.82) is 0 Å². The number of carbonyl (C=O) groups is 1. The van der Waals surface area contributed by atoms with Crippen molar-refractivity contribution in [2.24, 2.45) is 4.99 Å². The van der Waals surface area contributed by atoms with Crippen LogP contribution in [0.5, 0.6) is 5.75 Å². The minimum Gasteiger partial charge on any atom is -0.496 e. The van der Waals surface area contributed by atoms with Crippen LogP contribution < -0.4 is 25.8 Å². The molecule has 11 heteroatoms. The number of rotatable bonds is 26. The number of amides is 1. The summed E-state index contributed by atoms with van der Waals surface area (Å²) in [5, 5.41) is 19.2. The number of nitrogens with zero attached hydrogens (tertiary/aromatic N) is 4. The molecule has 3 heterocycles. The highest BCUT2D eigenvalue weighted by atomic mass is 35.5. The van der Waals surface area contributed by atoms with Crippen LogP contribution in [0, 0.1) is 20.8 Å². The van der Waals surface area contributed by atoms with E-state index in [9.17, 15) is 4.79 Å². The molecule has 1 atom stereocenters. The summed E-state index contributed by atoms with van der Waals surface area (Å²) in [5.74, 6) is 2.24. The fourth-order valence-electron chi connectivity index (χ4n) is 7.55. The Morgan fingerprint density at radius 2 is 1.67 bits per heavy atom. The predicted molar refractivity (Wildman–Crippen MR) is 264 cm³/mol. The van der Waals surface area contributed by atoms with E-state index in [1.165, 1.54) is 35.3 Å². The number of unbranched alkanes of at least 4 members (excludes halogenated alkanes) is 6. The van der Waals surface area contributed by atoms with E-state index in [0.29, 0.717) is 17.4 Å². The van der Waals surface area contributed by atoms with Crippen LogP contribution in [-0.4, -0.2) is 59.8 Å². The van der Waals surface area contributed by atoms with Gasteiger partial charge in [-0.25, -0.2) is 0 Å². The van der Waals surface area contributed by atoms with Crippen molar-refractivity contribution in [2.45, 2.75) is 97.4 Å². The number of allylic oxidation sites excluding steroid dienone is 7. The molecule has 0 spiro atoms. The SMILES string of the molecule is C=C/C=C(C=C)/C=C/C=c1/cc(CCC(=C)NCCCOCCCCCCCCCNC(=O)CC2N=C(c3ccc(Cl)cc3)c3c(sc(C)c3C)-n3c(C)nnc32)c(=C)cc1OC. The van der Waals surface area contributed by atoms with E-state index in [2.05, 4.69) is 71.6 Å². The van der Waals surface area contributed by atoms with Gasteiger partial charge in [0.05, 0.1) is 19.2 Å². The molecule has 1 aliphatic heterocycles. The van der Waals surface area contributed by atoms with Gasteiger partial charge < -0.3 is 20.1 Å². The van der Waals surface area contributed by atoms with Gasteiger partial charge in [-0.2, -0.15) is 0 Å². The van der Waals surface area contributed by atoms with Gasteiger partial charge in [-0.3, -0.25) is 14.4 Å². The highest BCUT2D eigenvalue weighted by Crippen LogP contribution is 2.39. The van der Waals surface area contributed by atoms with Crippen LogP contribution in [0.3, 0.4) is 0 Å². The average Bonchev–Trinajstić information content (AvgIpc) is 3.75. The number of hydrogen-bond acceptors (Lipinski definition) is 8. The Morgan fingerprint density at radius 1 is 0.952 bits per heavy atom. The quantitative estimate of drug-likeness (QED) is 0.0481. The van der Waals surface area contributed by atoms with Gasteiger partial charge in [-0.15, -0.1) is 21.5 Å². The monoisotopic (exact) mass is 888 g/mol. The molecular formula is C52H65ClN6O3S. The molecule has 1 unspecified atom stereocenters. The summed E-state index contributed by atoms with van der Waals surface area (Å²) in [6.45, 7) is 25.3. The lowest BCUT2D eigenvalue weighted by molar-refractivity contribution is -0.121. The molecule has 2 aromatic heterocycles. The van der Waals surface area contributed by atoms with E-state index in [1.54, 1.807) is 30.6 Å². The lowest BCUT2D eigenvalue weighted by Crippen LogP contribution is -2.26. The average molecular weight is 890 g/mol. The number of aryl methyl sites for hydroxylation is 3. The summed E-state index contributed by atoms with van der Waals surface area (Å²) < 4.78 is 13.6. The number of halogens is 1. The highest BCUT2D eigenvalue weighted by Gasteiger charge is 2.32. The first kappa shape index (κ1) is 48.7. The predicted octanol–water partition coefficient (Wildman–Crippen LogP) is 10.2. The second-order valence-electron chi connectivity index (χ2n) is 15.9. The van der Waals surface area contributed by atoms with Crippen LogP contribution in [-0.2, 0) is 16.0 Å². The number of aromatic nitrogens is 3. The van der Waals surface area contributed by atoms with Gasteiger partial charge in [0.2, 0.25) is 5.91 Å². The van der Waals surface area contributed by atoms with Crippen LogP contribution in [0.25, 0.3) is 17.7 Å². The molecule has 0 bridgehead atoms. The van der Waals surface area contributed by atoms with Crippen molar-refractivity contribution >= 4 is 47.2 Å². The minimum atomic E-state index is -0.466. The van der Waals surface area contributed by atoms with Gasteiger partial charge >= 0.3 is 0 Å². The highest BCUT2D eigenvalue weighted by molar-refractivity contribution is 7.15. The summed E-state index contributed by atoms with van der Waals surface area (Å²) in [5.41, 5.74) is 7.22. The molecule has 0 saturated carbocycles. The maximum absolute atomic E-state index is 13.3. The number of carbonyl (C=O) groups excluding carboxylic acids is 1. The van der Waals surface area contributed by atoms with E-state index >= 15 is 0 Å². The molecule has 2 N–H and O–H groups in total. The van der Waals surface area contributed by atoms with Gasteiger partial charge in [-0.1, -0.05) is 119 Å². The number of thiophene rings is 1. The van der Waals surface area contributed by atoms with E-state index in [4.69, 9.17) is 26.1 Å². The van der Waals surface area contributed by atoms with Crippen LogP contribution >= 0.6 is 22.9 Å². The second-order valence-corrected chi connectivity index (χ2v) is 17.6. The van der Waals surface area contributed by atoms with Crippen molar-refractivity contribution in [3.05, 3.63) is 152 Å². The van der Waals surface area contributed by atoms with E-state index < -0.39 is 6.04 Å². The molecule has 0 aliphatic carbocycles. The third-order valence-electron chi connectivity index (χ3n) is 11.2. The van der Waals surface area contributed by atoms with Crippen LogP contribution in [0.2, 0.25) is 5.02 Å². The number of aliphatic imine (C=N–C) groups is 1. The number of methoxy groups -OCH3 is 1. The number of hydrogen-bond donors (Lipinski definition) is 2. The number of ether oxygens (including phenoxy) is 2. The molecule has 63 heavy (non-hydrogen) atoms. The molecule has 1 aliphatic rings. The summed E-state index contributed by atoms with van der Waals surface area (Å²) in [6.07, 6.45) is 22.1. The van der Waals surface area contributed by atoms with Gasteiger partial charge in [0, 0.05) is 58.2 Å². The van der Waals surface area contributed by atoms with E-state index in [0.717, 1.165) is 120 Å². The summed E-state index contributed by atoms with van der Waals surface area (Å²) >= 11 is 7.95. The molecule has 0 radical (unpaired) electrons. The largest absolute Gasteiger partial charge is 0.496 e. The Bertz CT molecular complexity index is 2410. The lowest BCUT2D eigenvalue weighted by atomic mass is 9.99. The van der Waals surface area contributed by atoms with Gasteiger partial charge in [0.15, 0.2) is 5.82 Å². The Labute approximate surface area is 383 Å². The van der Waals surface area contributed by atoms with Crippen LogP contribution in [0.15, 0.2) is 103 Å². The number of benzene rings is 2. The molecule has 2 aromatic carbocycles. The van der Waals surface area contributed by atoms with Gasteiger partial charge in [0.25, 0.3) is 0 Å². The van der Waals surface area contributed by atoms with Crippen molar-refractivity contribution in [3.8, 4) is 10.8 Å². The first-order valence-corrected chi connectivity index (χ1v) is 23.4. The number of fused-ring (bicyclic) bond motifs is 3. The standard InChI is InChI=1S/C52H65ClN6O3S/c1-9-20-41(10-2)21-18-22-44-34-43(36(3)33-47(44)61-8)24-23-37(4)54-30-19-32-62-31-17-15-13-11-12-14-16-29-55-48(60)35-46-51-58-57-40(7)59(51)52-49(38(5)39(6)63-52)50(56-46)42-25-27-45(53)28-26-42/h9-10,18,20-22,25-28,33-34,46,54H,1-4,11-17,19,23-24,29-32,35H2,5-8H3,(H,55,60)/b21-18+,41-20+,44-22-. The smallest absolute Gasteiger partial charge is 0.222 e. The third kappa shape index (κ3) is 14.1. The minimum absolute atomic E-state index is 0.0308. The Kier molecular flexibility index (Phi) is 19.4. The molecule has 5 rings (SSSR count). The van der Waals surface area contributed by atoms with Crippen LogP contribution in [0.4, 0.5) is 0 Å². The van der Waals surface area contributed by atoms with Crippen molar-refractivity contribution in [1.82, 2.24) is 25.4 Å². The topological polar surface area (TPSA) is 103 Å². The Balaban J connectivity index is 0.921. The first-order chi connectivity index (χ1) is 30.5. The Hall–Kier alpha value is -5.29. The van der Waals surface area contributed by atoms with Crippen molar-refractivity contribution < 1.29 is 14.3 Å². The zero-order chi connectivity index (χ0) is 45.1. The normalized spacial score (nSPS) is 13.9. The molecular weight excluding hydrogens is 824 g/mol. The fourth-order valence-corrected chi connectivity index (χ4v) is 8.89. The molecule has 1 amide bonds. The number of nitrogens with one attached hydrogen (secondary N) is 2. The molecule has 0 saturated heterocycles. The van der Waals surface area contributed by atoms with Crippen molar-refractivity contribution in [3.63, 3.8) is 0 Å². The second kappa shape index (κ2) is 25.1. The van der Waals surface area contributed by atoms with Crippen molar-refractivity contribution in [2.75, 3.05) is 33.4 Å².